The predicted molar refractivity (Wildman–Crippen MR) is 102 cm³/mol. The zero-order valence-electron chi connectivity index (χ0n) is 13.2. The lowest BCUT2D eigenvalue weighted by molar-refractivity contribution is 0.684. The first kappa shape index (κ1) is 16.1. The highest BCUT2D eigenvalue weighted by Crippen LogP contribution is 2.34. The van der Waals surface area contributed by atoms with E-state index in [1.807, 2.05) is 18.2 Å². The second-order valence-corrected chi connectivity index (χ2v) is 7.35. The van der Waals surface area contributed by atoms with Crippen LogP contribution >= 0.6 is 11.6 Å². The van der Waals surface area contributed by atoms with E-state index in [0.29, 0.717) is 21.0 Å². The third-order valence-electron chi connectivity index (χ3n) is 4.32. The predicted octanol–water partition coefficient (Wildman–Crippen LogP) is 3.62. The summed E-state index contributed by atoms with van der Waals surface area (Å²) in [5, 5.41) is 6.94. The Morgan fingerprint density at radius 1 is 1.08 bits per heavy atom. The minimum Gasteiger partial charge on any atom is -0.353 e. The number of hydrogen-bond acceptors (Lipinski definition) is 2. The van der Waals surface area contributed by atoms with Crippen molar-refractivity contribution in [3.05, 3.63) is 63.4 Å². The van der Waals surface area contributed by atoms with Gasteiger partial charge < -0.3 is 9.97 Å². The standard InChI is InChI=1S/C18H14ClN3O2S/c1-9-15(10-3-2-4-12(7-10)25(20)24)17-16(22-18(9)23)13-8-11(19)5-6-14(13)21-17/h2-8,21H,20H2,1H3,(H,22,23). The molecule has 25 heavy (non-hydrogen) atoms. The quantitative estimate of drug-likeness (QED) is 0.502. The van der Waals surface area contributed by atoms with Crippen LogP contribution in [0, 0.1) is 6.92 Å². The molecule has 0 saturated carbocycles. The lowest BCUT2D eigenvalue weighted by Gasteiger charge is -2.08. The van der Waals surface area contributed by atoms with Crippen LogP contribution in [0.15, 0.2) is 52.2 Å². The van der Waals surface area contributed by atoms with Crippen LogP contribution in [0.2, 0.25) is 5.02 Å². The molecule has 126 valence electrons. The Morgan fingerprint density at radius 3 is 2.64 bits per heavy atom. The highest BCUT2D eigenvalue weighted by molar-refractivity contribution is 7.82. The van der Waals surface area contributed by atoms with Crippen LogP contribution in [0.5, 0.6) is 0 Å². The van der Waals surface area contributed by atoms with Gasteiger partial charge >= 0.3 is 0 Å². The number of pyridine rings is 1. The van der Waals surface area contributed by atoms with Crippen molar-refractivity contribution in [3.63, 3.8) is 0 Å². The van der Waals surface area contributed by atoms with Gasteiger partial charge in [0.25, 0.3) is 5.56 Å². The zero-order valence-corrected chi connectivity index (χ0v) is 14.8. The van der Waals surface area contributed by atoms with Crippen LogP contribution in [-0.2, 0) is 11.0 Å². The molecule has 0 saturated heterocycles. The molecular weight excluding hydrogens is 358 g/mol. The SMILES string of the molecule is Cc1c(-c2cccc(S(N)=O)c2)c2[nH]c3ccc(Cl)cc3c2[nH]c1=O. The largest absolute Gasteiger partial charge is 0.353 e. The second kappa shape index (κ2) is 5.84. The molecule has 0 bridgehead atoms. The molecule has 1 unspecified atom stereocenters. The van der Waals surface area contributed by atoms with Crippen molar-refractivity contribution < 1.29 is 4.21 Å². The molecule has 2 aromatic carbocycles. The summed E-state index contributed by atoms with van der Waals surface area (Å²) >= 11 is 6.11. The molecule has 4 aromatic rings. The van der Waals surface area contributed by atoms with Crippen LogP contribution in [0.3, 0.4) is 0 Å². The molecule has 2 aromatic heterocycles. The summed E-state index contributed by atoms with van der Waals surface area (Å²) in [6, 6.07) is 12.6. The number of hydrogen-bond donors (Lipinski definition) is 3. The highest BCUT2D eigenvalue weighted by atomic mass is 35.5. The van der Waals surface area contributed by atoms with Gasteiger partial charge in [0.15, 0.2) is 0 Å². The maximum absolute atomic E-state index is 12.5. The van der Waals surface area contributed by atoms with Crippen LogP contribution in [0.4, 0.5) is 0 Å². The van der Waals surface area contributed by atoms with Crippen molar-refractivity contribution in [2.24, 2.45) is 5.14 Å². The molecule has 2 heterocycles. The van der Waals surface area contributed by atoms with Crippen molar-refractivity contribution in [3.8, 4) is 11.1 Å². The first-order valence-corrected chi connectivity index (χ1v) is 9.15. The molecule has 0 fully saturated rings. The van der Waals surface area contributed by atoms with E-state index in [0.717, 1.165) is 27.5 Å². The third kappa shape index (κ3) is 2.59. The van der Waals surface area contributed by atoms with Crippen molar-refractivity contribution in [2.75, 3.05) is 0 Å². The number of halogens is 1. The van der Waals surface area contributed by atoms with Crippen LogP contribution in [0.25, 0.3) is 33.1 Å². The molecule has 5 nitrogen and oxygen atoms in total. The van der Waals surface area contributed by atoms with Gasteiger partial charge in [0.1, 0.15) is 11.0 Å². The summed E-state index contributed by atoms with van der Waals surface area (Å²) in [5.74, 6) is 0. The molecule has 0 aliphatic carbocycles. The smallest absolute Gasteiger partial charge is 0.252 e. The van der Waals surface area contributed by atoms with Gasteiger partial charge in [0, 0.05) is 27.1 Å². The van der Waals surface area contributed by atoms with Crippen LogP contribution in [0.1, 0.15) is 5.56 Å². The Labute approximate surface area is 150 Å². The minimum absolute atomic E-state index is 0.178. The summed E-state index contributed by atoms with van der Waals surface area (Å²) in [4.78, 5) is 19.3. The van der Waals surface area contributed by atoms with Gasteiger partial charge in [0.2, 0.25) is 0 Å². The number of nitrogens with one attached hydrogen (secondary N) is 2. The summed E-state index contributed by atoms with van der Waals surface area (Å²) in [6.07, 6.45) is 0. The number of benzene rings is 2. The fraction of sp³-hybridized carbons (Fsp3) is 0.0556. The topological polar surface area (TPSA) is 91.7 Å². The Morgan fingerprint density at radius 2 is 1.88 bits per heavy atom. The summed E-state index contributed by atoms with van der Waals surface area (Å²) in [7, 11) is -1.59. The molecular formula is C18H14ClN3O2S. The third-order valence-corrected chi connectivity index (χ3v) is 5.27. The van der Waals surface area contributed by atoms with Gasteiger partial charge in [-0.2, -0.15) is 0 Å². The lowest BCUT2D eigenvalue weighted by Crippen LogP contribution is -2.11. The van der Waals surface area contributed by atoms with E-state index >= 15 is 0 Å². The van der Waals surface area contributed by atoms with Crippen LogP contribution in [-0.4, -0.2) is 14.2 Å². The molecule has 0 aliphatic heterocycles. The monoisotopic (exact) mass is 371 g/mol. The molecule has 7 heteroatoms. The molecule has 4 rings (SSSR count). The van der Waals surface area contributed by atoms with E-state index in [-0.39, 0.29) is 5.56 Å². The van der Waals surface area contributed by atoms with Crippen LogP contribution < -0.4 is 10.7 Å². The first-order valence-electron chi connectivity index (χ1n) is 7.56. The number of rotatable bonds is 2. The summed E-state index contributed by atoms with van der Waals surface area (Å²) < 4.78 is 11.6. The van der Waals surface area contributed by atoms with E-state index in [4.69, 9.17) is 16.7 Å². The van der Waals surface area contributed by atoms with Gasteiger partial charge in [-0.25, -0.2) is 9.35 Å². The van der Waals surface area contributed by atoms with Gasteiger partial charge in [0.05, 0.1) is 15.9 Å². The number of nitrogens with two attached hydrogens (primary N) is 1. The Kier molecular flexibility index (Phi) is 3.76. The van der Waals surface area contributed by atoms with Crippen molar-refractivity contribution in [2.45, 2.75) is 11.8 Å². The summed E-state index contributed by atoms with van der Waals surface area (Å²) in [5.41, 5.74) is 4.31. The van der Waals surface area contributed by atoms with E-state index in [9.17, 15) is 9.00 Å². The maximum atomic E-state index is 12.5. The van der Waals surface area contributed by atoms with E-state index in [1.165, 1.54) is 0 Å². The minimum atomic E-state index is -1.59. The van der Waals surface area contributed by atoms with Gasteiger partial charge in [-0.3, -0.25) is 4.79 Å². The fourth-order valence-electron chi connectivity index (χ4n) is 3.13. The Balaban J connectivity index is 2.14. The molecule has 1 atom stereocenters. The fourth-order valence-corrected chi connectivity index (χ4v) is 3.76. The number of aromatic amines is 2. The summed E-state index contributed by atoms with van der Waals surface area (Å²) in [6.45, 7) is 1.76. The lowest BCUT2D eigenvalue weighted by atomic mass is 10.0. The molecule has 0 amide bonds. The maximum Gasteiger partial charge on any atom is 0.252 e. The molecule has 4 N–H and O–H groups in total. The average Bonchev–Trinajstić information content (AvgIpc) is 2.93. The van der Waals surface area contributed by atoms with Gasteiger partial charge in [-0.15, -0.1) is 0 Å². The highest BCUT2D eigenvalue weighted by Gasteiger charge is 2.16. The van der Waals surface area contributed by atoms with Crippen molar-refractivity contribution >= 4 is 44.5 Å². The number of fused-ring (bicyclic) bond motifs is 3. The normalized spacial score (nSPS) is 12.8. The second-order valence-electron chi connectivity index (χ2n) is 5.84. The average molecular weight is 372 g/mol. The van der Waals surface area contributed by atoms with Crippen molar-refractivity contribution in [1.82, 2.24) is 9.97 Å². The molecule has 0 spiro atoms. The number of H-pyrrole nitrogens is 2. The Hall–Kier alpha value is -2.41. The molecule has 0 radical (unpaired) electrons. The van der Waals surface area contributed by atoms with E-state index in [2.05, 4.69) is 9.97 Å². The first-order chi connectivity index (χ1) is 12.0. The molecule has 0 aliphatic rings. The van der Waals surface area contributed by atoms with E-state index in [1.54, 1.807) is 31.2 Å². The number of aromatic nitrogens is 2. The van der Waals surface area contributed by atoms with E-state index < -0.39 is 11.0 Å². The van der Waals surface area contributed by atoms with Crippen molar-refractivity contribution in [1.29, 1.82) is 0 Å². The van der Waals surface area contributed by atoms with Gasteiger partial charge in [-0.1, -0.05) is 23.7 Å². The van der Waals surface area contributed by atoms with Gasteiger partial charge in [-0.05, 0) is 42.8 Å². The Bertz CT molecular complexity index is 1230. The zero-order chi connectivity index (χ0) is 17.7.